The summed E-state index contributed by atoms with van der Waals surface area (Å²) in [4.78, 5) is 14.2. The second kappa shape index (κ2) is 7.05. The van der Waals surface area contributed by atoms with Gasteiger partial charge in [0, 0.05) is 21.0 Å². The Morgan fingerprint density at radius 3 is 2.65 bits per heavy atom. The van der Waals surface area contributed by atoms with Gasteiger partial charge >= 0.3 is 0 Å². The van der Waals surface area contributed by atoms with Crippen molar-refractivity contribution in [2.75, 3.05) is 5.32 Å². The summed E-state index contributed by atoms with van der Waals surface area (Å²) >= 11 is 3.18. The fraction of sp³-hybridized carbons (Fsp3) is 0. The van der Waals surface area contributed by atoms with Crippen LogP contribution < -0.4 is 5.32 Å². The Kier molecular flexibility index (Phi) is 4.67. The normalized spacial score (nSPS) is 11.0. The van der Waals surface area contributed by atoms with Crippen LogP contribution in [-0.2, 0) is 4.79 Å². The summed E-state index contributed by atoms with van der Waals surface area (Å²) in [6.07, 6.45) is 1.63. The molecule has 0 aliphatic carbocycles. The number of carbonyl (C=O) groups excluding carboxylic acids is 1. The van der Waals surface area contributed by atoms with Crippen LogP contribution in [0.1, 0.15) is 4.88 Å². The number of nitriles is 1. The molecule has 2 heterocycles. The quantitative estimate of drug-likeness (QED) is 0.537. The molecule has 0 fully saturated rings. The maximum absolute atomic E-state index is 12.2. The maximum Gasteiger partial charge on any atom is 0.266 e. The minimum Gasteiger partial charge on any atom is -0.321 e. The van der Waals surface area contributed by atoms with E-state index in [0.717, 1.165) is 10.4 Å². The number of amides is 1. The molecule has 3 rings (SSSR count). The molecule has 1 amide bonds. The highest BCUT2D eigenvalue weighted by atomic mass is 32.1. The number of hydrogen-bond acceptors (Lipinski definition) is 4. The van der Waals surface area contributed by atoms with Crippen LogP contribution in [0.3, 0.4) is 0 Å². The van der Waals surface area contributed by atoms with E-state index in [2.05, 4.69) is 5.32 Å². The van der Waals surface area contributed by atoms with Gasteiger partial charge in [0.15, 0.2) is 0 Å². The average Bonchev–Trinajstić information content (AvgIpc) is 3.24. The molecule has 1 N–H and O–H groups in total. The summed E-state index contributed by atoms with van der Waals surface area (Å²) in [5.74, 6) is -0.398. The van der Waals surface area contributed by atoms with Gasteiger partial charge < -0.3 is 5.32 Å². The van der Waals surface area contributed by atoms with Gasteiger partial charge in [0.25, 0.3) is 5.91 Å². The van der Waals surface area contributed by atoms with Crippen LogP contribution in [0.15, 0.2) is 64.9 Å². The highest BCUT2D eigenvalue weighted by molar-refractivity contribution is 7.15. The number of hydrogen-bond donors (Lipinski definition) is 1. The zero-order chi connectivity index (χ0) is 16.1. The molecule has 0 spiro atoms. The van der Waals surface area contributed by atoms with Gasteiger partial charge in [0.05, 0.1) is 0 Å². The van der Waals surface area contributed by atoms with E-state index in [0.29, 0.717) is 5.69 Å². The molecule has 0 aliphatic heterocycles. The smallest absolute Gasteiger partial charge is 0.266 e. The zero-order valence-corrected chi connectivity index (χ0v) is 13.7. The number of benzene rings is 1. The first-order valence-electron chi connectivity index (χ1n) is 6.87. The molecule has 0 radical (unpaired) electrons. The summed E-state index contributed by atoms with van der Waals surface area (Å²) in [6, 6.07) is 17.1. The predicted molar refractivity (Wildman–Crippen MR) is 96.3 cm³/mol. The molecule has 112 valence electrons. The summed E-state index contributed by atoms with van der Waals surface area (Å²) in [7, 11) is 0. The summed E-state index contributed by atoms with van der Waals surface area (Å²) in [6.45, 7) is 0. The molecule has 3 aromatic rings. The fourth-order valence-electron chi connectivity index (χ4n) is 2.01. The van der Waals surface area contributed by atoms with Crippen molar-refractivity contribution in [3.8, 4) is 16.5 Å². The van der Waals surface area contributed by atoms with Gasteiger partial charge in [0.1, 0.15) is 11.6 Å². The van der Waals surface area contributed by atoms with E-state index in [1.807, 2.05) is 53.2 Å². The van der Waals surface area contributed by atoms with Crippen molar-refractivity contribution in [2.45, 2.75) is 0 Å². The van der Waals surface area contributed by atoms with E-state index < -0.39 is 5.91 Å². The fourth-order valence-corrected chi connectivity index (χ4v) is 3.64. The minimum absolute atomic E-state index is 0.0911. The van der Waals surface area contributed by atoms with Gasteiger partial charge in [-0.3, -0.25) is 4.79 Å². The molecule has 0 saturated heterocycles. The maximum atomic E-state index is 12.2. The molecule has 0 unspecified atom stereocenters. The number of carbonyl (C=O) groups is 1. The van der Waals surface area contributed by atoms with Gasteiger partial charge in [-0.2, -0.15) is 5.26 Å². The second-order valence-electron chi connectivity index (χ2n) is 4.71. The lowest BCUT2D eigenvalue weighted by Gasteiger charge is -2.03. The van der Waals surface area contributed by atoms with Crippen molar-refractivity contribution in [3.63, 3.8) is 0 Å². The van der Waals surface area contributed by atoms with Crippen LogP contribution >= 0.6 is 22.7 Å². The van der Waals surface area contributed by atoms with E-state index in [4.69, 9.17) is 0 Å². The SMILES string of the molecule is N#CC(=Cc1cc(-c2cccs2)cs1)C(=O)Nc1ccccc1. The van der Waals surface area contributed by atoms with Gasteiger partial charge in [-0.05, 0) is 41.1 Å². The highest BCUT2D eigenvalue weighted by Gasteiger charge is 2.10. The van der Waals surface area contributed by atoms with Crippen LogP contribution in [0.4, 0.5) is 5.69 Å². The molecule has 5 heteroatoms. The third-order valence-electron chi connectivity index (χ3n) is 3.11. The van der Waals surface area contributed by atoms with E-state index in [-0.39, 0.29) is 5.57 Å². The predicted octanol–water partition coefficient (Wildman–Crippen LogP) is 5.02. The lowest BCUT2D eigenvalue weighted by atomic mass is 10.2. The van der Waals surface area contributed by atoms with Crippen molar-refractivity contribution < 1.29 is 4.79 Å². The molecule has 0 atom stereocenters. The van der Waals surface area contributed by atoms with Crippen LogP contribution in [0.2, 0.25) is 0 Å². The Labute approximate surface area is 142 Å². The van der Waals surface area contributed by atoms with E-state index >= 15 is 0 Å². The Morgan fingerprint density at radius 1 is 1.13 bits per heavy atom. The first-order valence-corrected chi connectivity index (χ1v) is 8.63. The minimum atomic E-state index is -0.398. The second-order valence-corrected chi connectivity index (χ2v) is 6.60. The molecule has 0 bridgehead atoms. The molecule has 1 aromatic carbocycles. The summed E-state index contributed by atoms with van der Waals surface area (Å²) in [5, 5.41) is 16.0. The van der Waals surface area contributed by atoms with Gasteiger partial charge in [-0.15, -0.1) is 22.7 Å². The van der Waals surface area contributed by atoms with E-state index in [1.54, 1.807) is 29.5 Å². The number of para-hydroxylation sites is 1. The monoisotopic (exact) mass is 336 g/mol. The van der Waals surface area contributed by atoms with Gasteiger partial charge in [-0.1, -0.05) is 24.3 Å². The van der Waals surface area contributed by atoms with Crippen LogP contribution in [0, 0.1) is 11.3 Å². The molecular formula is C18H12N2OS2. The zero-order valence-electron chi connectivity index (χ0n) is 12.0. The van der Waals surface area contributed by atoms with Crippen molar-refractivity contribution in [1.82, 2.24) is 0 Å². The Balaban J connectivity index is 1.79. The molecule has 23 heavy (non-hydrogen) atoms. The molecule has 0 saturated carbocycles. The Hall–Kier alpha value is -2.68. The third kappa shape index (κ3) is 3.75. The van der Waals surface area contributed by atoms with Crippen LogP contribution in [0.5, 0.6) is 0 Å². The lowest BCUT2D eigenvalue weighted by molar-refractivity contribution is -0.112. The number of thiophene rings is 2. The molecular weight excluding hydrogens is 324 g/mol. The van der Waals surface area contributed by atoms with E-state index in [9.17, 15) is 10.1 Å². The molecule has 3 nitrogen and oxygen atoms in total. The number of anilines is 1. The molecule has 2 aromatic heterocycles. The first-order chi connectivity index (χ1) is 11.3. The van der Waals surface area contributed by atoms with Crippen molar-refractivity contribution >= 4 is 40.3 Å². The average molecular weight is 336 g/mol. The summed E-state index contributed by atoms with van der Waals surface area (Å²) < 4.78 is 0. The highest BCUT2D eigenvalue weighted by Crippen LogP contribution is 2.30. The van der Waals surface area contributed by atoms with Crippen molar-refractivity contribution in [1.29, 1.82) is 5.26 Å². The number of nitrogens with zero attached hydrogens (tertiary/aromatic N) is 1. The topological polar surface area (TPSA) is 52.9 Å². The number of nitrogens with one attached hydrogen (secondary N) is 1. The summed E-state index contributed by atoms with van der Waals surface area (Å²) in [5.41, 5.74) is 1.87. The van der Waals surface area contributed by atoms with E-state index in [1.165, 1.54) is 16.2 Å². The van der Waals surface area contributed by atoms with Crippen molar-refractivity contribution in [2.24, 2.45) is 0 Å². The number of rotatable bonds is 4. The lowest BCUT2D eigenvalue weighted by Crippen LogP contribution is -2.13. The van der Waals surface area contributed by atoms with Crippen molar-refractivity contribution in [3.05, 3.63) is 69.7 Å². The van der Waals surface area contributed by atoms with Crippen LogP contribution in [0.25, 0.3) is 16.5 Å². The van der Waals surface area contributed by atoms with Gasteiger partial charge in [0.2, 0.25) is 0 Å². The Morgan fingerprint density at radius 2 is 1.96 bits per heavy atom. The largest absolute Gasteiger partial charge is 0.321 e. The van der Waals surface area contributed by atoms with Crippen LogP contribution in [-0.4, -0.2) is 5.91 Å². The Bertz CT molecular complexity index is 871. The molecule has 0 aliphatic rings. The standard InChI is InChI=1S/C18H12N2OS2/c19-11-13(18(21)20-15-5-2-1-3-6-15)9-16-10-14(12-23-16)17-7-4-8-22-17/h1-10,12H,(H,20,21). The third-order valence-corrected chi connectivity index (χ3v) is 4.91. The van der Waals surface area contributed by atoms with Gasteiger partial charge in [-0.25, -0.2) is 0 Å². The first kappa shape index (κ1) is 15.2.